The highest BCUT2D eigenvalue weighted by Gasteiger charge is 2.34. The van der Waals surface area contributed by atoms with Crippen molar-refractivity contribution in [3.63, 3.8) is 0 Å². The molecule has 2 aliphatic rings. The second-order valence-corrected chi connectivity index (χ2v) is 10.1. The molecule has 2 aliphatic heterocycles. The summed E-state index contributed by atoms with van der Waals surface area (Å²) in [5.74, 6) is -0.686. The Hall–Kier alpha value is -2.95. The Morgan fingerprint density at radius 2 is 1.78 bits per heavy atom. The average Bonchev–Trinajstić information content (AvgIpc) is 2.84. The van der Waals surface area contributed by atoms with Crippen LogP contribution in [0.5, 0.6) is 0 Å². The lowest BCUT2D eigenvalue weighted by Crippen LogP contribution is -2.44. The van der Waals surface area contributed by atoms with Crippen molar-refractivity contribution in [2.75, 3.05) is 51.6 Å². The van der Waals surface area contributed by atoms with E-state index in [1.807, 2.05) is 22.9 Å². The number of likely N-dealkylation sites (N-methyl/N-ethyl adjacent to an activating group) is 1. The van der Waals surface area contributed by atoms with Crippen LogP contribution in [0.15, 0.2) is 36.4 Å². The fraction of sp³-hybridized carbons (Fsp3) is 0.481. The number of carbonyl (C=O) groups is 2. The number of benzene rings is 2. The zero-order valence-electron chi connectivity index (χ0n) is 21.3. The summed E-state index contributed by atoms with van der Waals surface area (Å²) in [7, 11) is 2.00. The van der Waals surface area contributed by atoms with Gasteiger partial charge in [-0.15, -0.1) is 0 Å². The van der Waals surface area contributed by atoms with Crippen molar-refractivity contribution in [3.8, 4) is 0 Å². The van der Waals surface area contributed by atoms with Gasteiger partial charge in [-0.25, -0.2) is 0 Å². The number of primary amides is 1. The van der Waals surface area contributed by atoms with Crippen molar-refractivity contribution in [1.29, 1.82) is 0 Å². The normalized spacial score (nSPS) is 19.4. The lowest BCUT2D eigenvalue weighted by Gasteiger charge is -2.33. The van der Waals surface area contributed by atoms with Gasteiger partial charge in [0.15, 0.2) is 0 Å². The molecule has 1 unspecified atom stereocenters. The topological polar surface area (TPSA) is 81.9 Å². The van der Waals surface area contributed by atoms with Gasteiger partial charge >= 0.3 is 6.18 Å². The van der Waals surface area contributed by atoms with Gasteiger partial charge in [0.2, 0.25) is 5.91 Å². The van der Waals surface area contributed by atoms with Crippen LogP contribution in [0.4, 0.5) is 18.9 Å². The summed E-state index contributed by atoms with van der Waals surface area (Å²) in [6.07, 6.45) is -3.66. The summed E-state index contributed by atoms with van der Waals surface area (Å²) in [5, 5.41) is 2.64. The molecule has 0 aliphatic carbocycles. The molecular weight excluding hydrogens is 483 g/mol. The molecule has 0 bridgehead atoms. The van der Waals surface area contributed by atoms with Crippen LogP contribution in [0.2, 0.25) is 0 Å². The molecule has 7 nitrogen and oxygen atoms in total. The Morgan fingerprint density at radius 3 is 2.43 bits per heavy atom. The second kappa shape index (κ2) is 11.2. The summed E-state index contributed by atoms with van der Waals surface area (Å²) >= 11 is 0. The van der Waals surface area contributed by atoms with Gasteiger partial charge < -0.3 is 16.0 Å². The number of carbonyl (C=O) groups excluding carboxylic acids is 2. The summed E-state index contributed by atoms with van der Waals surface area (Å²) in [6.45, 7) is 6.64. The van der Waals surface area contributed by atoms with Crippen molar-refractivity contribution < 1.29 is 22.8 Å². The molecule has 200 valence electrons. The Bertz CT molecular complexity index is 1150. The van der Waals surface area contributed by atoms with E-state index in [2.05, 4.69) is 17.1 Å². The highest BCUT2D eigenvalue weighted by Crippen LogP contribution is 2.35. The number of nitrogens with zero attached hydrogens (tertiary/aromatic N) is 3. The monoisotopic (exact) mass is 517 g/mol. The smallest absolute Gasteiger partial charge is 0.369 e. The quantitative estimate of drug-likeness (QED) is 0.588. The lowest BCUT2D eigenvalue weighted by molar-refractivity contribution is -0.138. The molecule has 0 spiro atoms. The third-order valence-electron chi connectivity index (χ3n) is 7.25. The fourth-order valence-electron chi connectivity index (χ4n) is 5.19. The predicted molar refractivity (Wildman–Crippen MR) is 136 cm³/mol. The Kier molecular flexibility index (Phi) is 8.20. The van der Waals surface area contributed by atoms with Crippen LogP contribution in [0.3, 0.4) is 0 Å². The molecule has 0 radical (unpaired) electrons. The van der Waals surface area contributed by atoms with Crippen molar-refractivity contribution >= 4 is 17.5 Å². The first kappa shape index (κ1) is 27.1. The molecule has 0 saturated carbocycles. The molecule has 3 N–H and O–H groups in total. The predicted octanol–water partition coefficient (Wildman–Crippen LogP) is 3.50. The number of rotatable bonds is 7. The SMILES string of the molecule is CCC1CN(CC(N)=O)Cc2cc(C(=O)Nc3ccc(CN4CCN(C)CC4)c(C(F)(F)F)c3)ccc21. The first-order valence-corrected chi connectivity index (χ1v) is 12.6. The first-order chi connectivity index (χ1) is 17.5. The molecule has 1 fully saturated rings. The Morgan fingerprint density at radius 1 is 1.05 bits per heavy atom. The zero-order chi connectivity index (χ0) is 26.7. The Balaban J connectivity index is 1.52. The van der Waals surface area contributed by atoms with Crippen LogP contribution in [-0.2, 0) is 24.1 Å². The van der Waals surface area contributed by atoms with Gasteiger partial charge in [-0.2, -0.15) is 13.2 Å². The number of nitrogens with one attached hydrogen (secondary N) is 1. The number of halogens is 3. The van der Waals surface area contributed by atoms with Gasteiger partial charge in [0.25, 0.3) is 5.91 Å². The van der Waals surface area contributed by atoms with E-state index in [0.717, 1.165) is 36.7 Å². The molecule has 0 aromatic heterocycles. The number of hydrogen-bond acceptors (Lipinski definition) is 5. The largest absolute Gasteiger partial charge is 0.416 e. The molecule has 2 amide bonds. The van der Waals surface area contributed by atoms with Gasteiger partial charge in [0.1, 0.15) is 0 Å². The van der Waals surface area contributed by atoms with Crippen LogP contribution in [0.25, 0.3) is 0 Å². The first-order valence-electron chi connectivity index (χ1n) is 12.6. The maximum atomic E-state index is 13.9. The van der Waals surface area contributed by atoms with E-state index in [0.29, 0.717) is 31.7 Å². The number of amides is 2. The van der Waals surface area contributed by atoms with Crippen LogP contribution >= 0.6 is 0 Å². The average molecular weight is 518 g/mol. The minimum Gasteiger partial charge on any atom is -0.369 e. The van der Waals surface area contributed by atoms with E-state index in [1.54, 1.807) is 12.1 Å². The molecule has 2 aromatic carbocycles. The number of anilines is 1. The highest BCUT2D eigenvalue weighted by molar-refractivity contribution is 6.04. The van der Waals surface area contributed by atoms with Gasteiger partial charge in [0.05, 0.1) is 12.1 Å². The van der Waals surface area contributed by atoms with E-state index >= 15 is 0 Å². The van der Waals surface area contributed by atoms with Crippen LogP contribution in [0, 0.1) is 0 Å². The van der Waals surface area contributed by atoms with Crippen molar-refractivity contribution in [3.05, 3.63) is 64.2 Å². The number of hydrogen-bond donors (Lipinski definition) is 2. The molecule has 1 atom stereocenters. The third kappa shape index (κ3) is 6.68. The zero-order valence-corrected chi connectivity index (χ0v) is 21.3. The van der Waals surface area contributed by atoms with E-state index in [-0.39, 0.29) is 30.3 Å². The third-order valence-corrected chi connectivity index (χ3v) is 7.25. The second-order valence-electron chi connectivity index (χ2n) is 10.1. The van der Waals surface area contributed by atoms with E-state index in [1.165, 1.54) is 12.1 Å². The van der Waals surface area contributed by atoms with Crippen molar-refractivity contribution in [2.24, 2.45) is 5.73 Å². The maximum Gasteiger partial charge on any atom is 0.416 e. The summed E-state index contributed by atoms with van der Waals surface area (Å²) < 4.78 is 41.7. The number of alkyl halides is 3. The summed E-state index contributed by atoms with van der Waals surface area (Å²) in [4.78, 5) is 30.6. The van der Waals surface area contributed by atoms with Crippen LogP contribution < -0.4 is 11.1 Å². The lowest BCUT2D eigenvalue weighted by atomic mass is 9.87. The van der Waals surface area contributed by atoms with E-state index in [9.17, 15) is 22.8 Å². The Labute approximate surface area is 215 Å². The minimum atomic E-state index is -4.53. The molecular formula is C27H34F3N5O2. The summed E-state index contributed by atoms with van der Waals surface area (Å²) in [6, 6.07) is 9.36. The maximum absolute atomic E-state index is 13.9. The highest BCUT2D eigenvalue weighted by atomic mass is 19.4. The molecule has 1 saturated heterocycles. The molecule has 2 heterocycles. The molecule has 37 heavy (non-hydrogen) atoms. The molecule has 4 rings (SSSR count). The number of piperazine rings is 1. The van der Waals surface area contributed by atoms with Crippen LogP contribution in [-0.4, -0.2) is 72.8 Å². The van der Waals surface area contributed by atoms with Gasteiger partial charge in [-0.05, 0) is 60.3 Å². The van der Waals surface area contributed by atoms with Crippen LogP contribution in [0.1, 0.15) is 51.9 Å². The van der Waals surface area contributed by atoms with Gasteiger partial charge in [-0.1, -0.05) is 19.1 Å². The van der Waals surface area contributed by atoms with Crippen molar-refractivity contribution in [2.45, 2.75) is 38.5 Å². The standard InChI is InChI=1S/C27H34F3N5O2/c1-3-18-14-35(17-25(31)36)16-21-12-19(5-7-23(18)21)26(37)32-22-6-4-20(24(13-22)27(28,29)30)15-34-10-8-33(2)9-11-34/h4-7,12-13,18H,3,8-11,14-17H2,1-2H3,(H2,31,36)(H,32,37). The van der Waals surface area contributed by atoms with Gasteiger partial charge in [-0.3, -0.25) is 19.4 Å². The molecule has 2 aromatic rings. The number of nitrogens with two attached hydrogens (primary N) is 1. The minimum absolute atomic E-state index is 0.0963. The van der Waals surface area contributed by atoms with E-state index < -0.39 is 23.6 Å². The number of fused-ring (bicyclic) bond motifs is 1. The van der Waals surface area contributed by atoms with E-state index in [4.69, 9.17) is 5.73 Å². The van der Waals surface area contributed by atoms with Crippen molar-refractivity contribution in [1.82, 2.24) is 14.7 Å². The van der Waals surface area contributed by atoms with Gasteiger partial charge in [0, 0.05) is 57.1 Å². The molecule has 10 heteroatoms. The summed E-state index contributed by atoms with van der Waals surface area (Å²) in [5.41, 5.74) is 7.33. The fourth-order valence-corrected chi connectivity index (χ4v) is 5.19.